The second-order valence-corrected chi connectivity index (χ2v) is 17.5. The molecule has 2 amide bonds. The zero-order valence-electron chi connectivity index (χ0n) is 34.2. The van der Waals surface area contributed by atoms with Gasteiger partial charge < -0.3 is 39.0 Å². The number of nitrogens with zero attached hydrogens (tertiary/aromatic N) is 2. The number of carbonyl (C=O) groups is 5. The highest BCUT2D eigenvalue weighted by atomic mass is 16.8. The number of hydroxylamine groups is 2. The molecule has 61 heavy (non-hydrogen) atoms. The maximum atomic E-state index is 15.6. The summed E-state index contributed by atoms with van der Waals surface area (Å²) in [6, 6.07) is 22.2. The van der Waals surface area contributed by atoms with Crippen molar-refractivity contribution in [2.45, 2.75) is 94.5 Å². The molecule has 15 nitrogen and oxygen atoms in total. The van der Waals surface area contributed by atoms with Gasteiger partial charge in [-0.15, -0.1) is 0 Å². The number of amides is 2. The normalized spacial score (nSPS) is 29.4. The molecule has 9 rings (SSSR count). The van der Waals surface area contributed by atoms with E-state index in [4.69, 9.17) is 28.5 Å². The fourth-order valence-electron chi connectivity index (χ4n) is 10.0. The molecule has 8 atom stereocenters. The van der Waals surface area contributed by atoms with Crippen LogP contribution in [0.1, 0.15) is 48.1 Å². The first-order valence-electron chi connectivity index (χ1n) is 20.7. The highest BCUT2D eigenvalue weighted by molar-refractivity contribution is 5.96. The van der Waals surface area contributed by atoms with Gasteiger partial charge in [0.2, 0.25) is 17.9 Å². The van der Waals surface area contributed by atoms with Gasteiger partial charge in [0.25, 0.3) is 0 Å². The highest BCUT2D eigenvalue weighted by Gasteiger charge is 2.77. The number of hydrogen-bond donors (Lipinski definition) is 2. The Morgan fingerprint density at radius 3 is 2.34 bits per heavy atom. The Balaban J connectivity index is 1.06. The minimum Gasteiger partial charge on any atom is -0.462 e. The van der Waals surface area contributed by atoms with Gasteiger partial charge in [0, 0.05) is 50.8 Å². The van der Waals surface area contributed by atoms with Gasteiger partial charge in [0.15, 0.2) is 11.8 Å². The lowest BCUT2D eigenvalue weighted by Crippen LogP contribution is -2.70. The second-order valence-electron chi connectivity index (χ2n) is 17.5. The van der Waals surface area contributed by atoms with Gasteiger partial charge >= 0.3 is 17.9 Å². The molecule has 3 aromatic carbocycles. The molecule has 0 radical (unpaired) electrons. The number of carbonyl (C=O) groups excluding carboxylic acids is 5. The molecule has 4 saturated heterocycles. The molecule has 4 aliphatic heterocycles. The molecule has 1 spiro atoms. The van der Waals surface area contributed by atoms with E-state index in [0.717, 1.165) is 16.7 Å². The number of rotatable bonds is 12. The number of aliphatic hydroxyl groups excluding tert-OH is 1. The van der Waals surface area contributed by atoms with Gasteiger partial charge in [-0.2, -0.15) is 5.06 Å². The van der Waals surface area contributed by atoms with Crippen LogP contribution in [0.15, 0.2) is 84.9 Å². The van der Waals surface area contributed by atoms with Gasteiger partial charge in [-0.3, -0.25) is 19.2 Å². The molecule has 2 N–H and O–H groups in total. The Hall–Kier alpha value is -5.45. The van der Waals surface area contributed by atoms with Crippen molar-refractivity contribution in [3.8, 4) is 0 Å². The first-order chi connectivity index (χ1) is 29.3. The molecule has 2 aliphatic carbocycles. The fourth-order valence-corrected chi connectivity index (χ4v) is 10.0. The molecular weight excluding hydrogens is 787 g/mol. The average Bonchev–Trinajstić information content (AvgIpc) is 3.99. The van der Waals surface area contributed by atoms with Crippen molar-refractivity contribution in [2.24, 2.45) is 10.8 Å². The first kappa shape index (κ1) is 40.9. The van der Waals surface area contributed by atoms with Gasteiger partial charge in [0.1, 0.15) is 42.5 Å². The van der Waals surface area contributed by atoms with Crippen LogP contribution >= 0.6 is 0 Å². The lowest BCUT2D eigenvalue weighted by Gasteiger charge is -2.50. The van der Waals surface area contributed by atoms with Crippen molar-refractivity contribution < 1.29 is 57.6 Å². The molecule has 5 fully saturated rings. The van der Waals surface area contributed by atoms with Crippen LogP contribution in [0.4, 0.5) is 0 Å². The van der Waals surface area contributed by atoms with Crippen molar-refractivity contribution in [3.63, 3.8) is 0 Å². The summed E-state index contributed by atoms with van der Waals surface area (Å²) in [6.07, 6.45) is -0.593. The van der Waals surface area contributed by atoms with Crippen LogP contribution in [0.2, 0.25) is 0 Å². The zero-order chi connectivity index (χ0) is 42.7. The molecule has 4 heterocycles. The number of hydrogen-bond acceptors (Lipinski definition) is 13. The van der Waals surface area contributed by atoms with Crippen molar-refractivity contribution in [3.05, 3.63) is 113 Å². The van der Waals surface area contributed by atoms with Crippen LogP contribution in [0.25, 0.3) is 6.08 Å². The van der Waals surface area contributed by atoms with Crippen LogP contribution < -0.4 is 5.32 Å². The topological polar surface area (TPSA) is 179 Å². The lowest BCUT2D eigenvalue weighted by molar-refractivity contribution is -0.218. The van der Waals surface area contributed by atoms with Crippen LogP contribution in [-0.2, 0) is 78.3 Å². The predicted molar refractivity (Wildman–Crippen MR) is 214 cm³/mol. The lowest BCUT2D eigenvalue weighted by atomic mass is 9.62. The monoisotopic (exact) mass is 835 g/mol. The minimum absolute atomic E-state index is 0.01000. The maximum Gasteiger partial charge on any atom is 0.348 e. The molecule has 8 unspecified atom stereocenters. The largest absolute Gasteiger partial charge is 0.462 e. The number of esters is 3. The second kappa shape index (κ2) is 15.8. The van der Waals surface area contributed by atoms with Crippen LogP contribution in [0.3, 0.4) is 0 Å². The predicted octanol–water partition coefficient (Wildman–Crippen LogP) is 2.45. The van der Waals surface area contributed by atoms with Gasteiger partial charge in [-0.25, -0.2) is 9.59 Å². The Labute approximate surface area is 352 Å². The number of ether oxygens (including phenoxy) is 5. The summed E-state index contributed by atoms with van der Waals surface area (Å²) >= 11 is 0. The number of benzene rings is 3. The molecule has 1 saturated carbocycles. The number of nitrogens with one attached hydrogen (secondary N) is 1. The minimum atomic E-state index is -1.58. The Bertz CT molecular complexity index is 2240. The number of aliphatic hydroxyl groups is 1. The number of fused-ring (bicyclic) bond motifs is 5. The summed E-state index contributed by atoms with van der Waals surface area (Å²) < 4.78 is 30.5. The van der Waals surface area contributed by atoms with E-state index in [-0.39, 0.29) is 39.1 Å². The molecule has 320 valence electrons. The zero-order valence-corrected chi connectivity index (χ0v) is 34.2. The molecule has 2 bridgehead atoms. The SMILES string of the molecule is CN(C(=O)C12CC3OC(=O)C1N(Cc1ccccc1C=CC(=O)OC1C(=O)OCC1(C)C)OC2C1OC2(Cc4ccccc4C2)OC31)C(Cc1ccccc1)C(=O)NCCO. The highest BCUT2D eigenvalue weighted by Crippen LogP contribution is 2.59. The Morgan fingerprint density at radius 2 is 1.64 bits per heavy atom. The third kappa shape index (κ3) is 7.21. The standard InChI is InChI=1S/C46H49N3O12/c1-44(2)26-56-42(54)39(44)58-34(51)18-17-28-13-7-10-16-31(28)25-49-37-41(53)57-33-24-46(37,43(55)48(3)32(40(52)47-19-20-50)21-27-11-5-4-6-12-27)38(61-49)36-35(33)59-45(60-36)22-29-14-8-9-15-30(29)23-45/h4-18,32-33,35-39,50H,19-26H2,1-3H3,(H,47,52). The first-order valence-corrected chi connectivity index (χ1v) is 20.7. The number of likely N-dealkylation sites (N-methyl/N-ethyl adjacent to an activating group) is 1. The van der Waals surface area contributed by atoms with Crippen LogP contribution in [-0.4, -0.2) is 120 Å². The third-order valence-corrected chi connectivity index (χ3v) is 13.0. The quantitative estimate of drug-likeness (QED) is 0.155. The van der Waals surface area contributed by atoms with E-state index >= 15 is 4.79 Å². The summed E-state index contributed by atoms with van der Waals surface area (Å²) in [5, 5.41) is 13.8. The van der Waals surface area contributed by atoms with Crippen molar-refractivity contribution >= 4 is 35.8 Å². The summed E-state index contributed by atoms with van der Waals surface area (Å²) in [5.41, 5.74) is 1.94. The van der Waals surface area contributed by atoms with E-state index in [1.54, 1.807) is 45.2 Å². The van der Waals surface area contributed by atoms with Crippen molar-refractivity contribution in [1.82, 2.24) is 15.3 Å². The van der Waals surface area contributed by atoms with E-state index < -0.39 is 88.9 Å². The Morgan fingerprint density at radius 1 is 0.951 bits per heavy atom. The smallest absolute Gasteiger partial charge is 0.348 e. The van der Waals surface area contributed by atoms with Crippen LogP contribution in [0.5, 0.6) is 0 Å². The van der Waals surface area contributed by atoms with E-state index in [1.165, 1.54) is 16.0 Å². The number of cyclic esters (lactones) is 1. The fraction of sp³-hybridized carbons (Fsp3) is 0.457. The van der Waals surface area contributed by atoms with Crippen molar-refractivity contribution in [1.29, 1.82) is 0 Å². The van der Waals surface area contributed by atoms with E-state index in [2.05, 4.69) is 5.32 Å². The molecule has 15 heteroatoms. The average molecular weight is 836 g/mol. The Kier molecular flexibility index (Phi) is 10.6. The van der Waals surface area contributed by atoms with Gasteiger partial charge in [-0.1, -0.05) is 92.7 Å². The molecule has 0 aromatic heterocycles. The maximum absolute atomic E-state index is 15.6. The molecular formula is C46H49N3O12. The molecule has 3 aromatic rings. The summed E-state index contributed by atoms with van der Waals surface area (Å²) in [7, 11) is 1.56. The van der Waals surface area contributed by atoms with E-state index in [9.17, 15) is 24.3 Å². The molecule has 6 aliphatic rings. The van der Waals surface area contributed by atoms with Gasteiger partial charge in [0.05, 0.1) is 13.2 Å². The van der Waals surface area contributed by atoms with Gasteiger partial charge in [-0.05, 0) is 33.9 Å². The summed E-state index contributed by atoms with van der Waals surface area (Å²) in [6.45, 7) is 3.38. The summed E-state index contributed by atoms with van der Waals surface area (Å²) in [5.74, 6) is -4.03. The van der Waals surface area contributed by atoms with Crippen molar-refractivity contribution in [2.75, 3.05) is 26.8 Å². The summed E-state index contributed by atoms with van der Waals surface area (Å²) in [4.78, 5) is 77.5. The van der Waals surface area contributed by atoms with Crippen LogP contribution in [0, 0.1) is 10.8 Å². The van der Waals surface area contributed by atoms with E-state index in [0.29, 0.717) is 24.0 Å². The van der Waals surface area contributed by atoms with E-state index in [1.807, 2.05) is 60.7 Å². The third-order valence-electron chi connectivity index (χ3n) is 13.0.